The summed E-state index contributed by atoms with van der Waals surface area (Å²) >= 11 is 3.70. The molecule has 0 radical (unpaired) electrons. The number of hydrogen-bond acceptors (Lipinski definition) is 2. The minimum atomic E-state index is 0.284. The molecule has 0 unspecified atom stereocenters. The zero-order valence-electron chi connectivity index (χ0n) is 13.9. The van der Waals surface area contributed by atoms with Crippen molar-refractivity contribution in [3.63, 3.8) is 0 Å². The van der Waals surface area contributed by atoms with E-state index in [1.54, 1.807) is 0 Å². The van der Waals surface area contributed by atoms with Crippen molar-refractivity contribution < 1.29 is 0 Å². The lowest BCUT2D eigenvalue weighted by atomic mass is 9.84. The van der Waals surface area contributed by atoms with E-state index in [-0.39, 0.29) is 5.41 Å². The molecule has 0 aliphatic heterocycles. The Kier molecular flexibility index (Phi) is 6.73. The Bertz CT molecular complexity index is 422. The molecule has 0 aromatic carbocycles. The molecular formula is C16H30BrN3. The number of halogens is 1. The van der Waals surface area contributed by atoms with Gasteiger partial charge in [-0.2, -0.15) is 5.10 Å². The highest BCUT2D eigenvalue weighted by Gasteiger charge is 2.23. The summed E-state index contributed by atoms with van der Waals surface area (Å²) in [5.74, 6) is 0.719. The van der Waals surface area contributed by atoms with Crippen LogP contribution in [-0.2, 0) is 13.0 Å². The zero-order valence-corrected chi connectivity index (χ0v) is 15.5. The molecule has 0 amide bonds. The zero-order chi connectivity index (χ0) is 15.3. The van der Waals surface area contributed by atoms with Crippen LogP contribution in [0.2, 0.25) is 0 Å². The highest BCUT2D eigenvalue weighted by Crippen LogP contribution is 2.31. The molecular weight excluding hydrogens is 314 g/mol. The third-order valence-corrected chi connectivity index (χ3v) is 4.66. The van der Waals surface area contributed by atoms with Gasteiger partial charge in [-0.1, -0.05) is 27.7 Å². The van der Waals surface area contributed by atoms with Crippen molar-refractivity contribution in [1.82, 2.24) is 15.1 Å². The first-order chi connectivity index (χ1) is 9.26. The second-order valence-electron chi connectivity index (χ2n) is 6.85. The first-order valence-corrected chi connectivity index (χ1v) is 8.48. The molecule has 0 saturated heterocycles. The molecule has 0 bridgehead atoms. The van der Waals surface area contributed by atoms with Gasteiger partial charge in [-0.3, -0.25) is 4.68 Å². The van der Waals surface area contributed by atoms with Gasteiger partial charge >= 0.3 is 0 Å². The van der Waals surface area contributed by atoms with E-state index >= 15 is 0 Å². The van der Waals surface area contributed by atoms with Crippen molar-refractivity contribution >= 4 is 15.9 Å². The highest BCUT2D eigenvalue weighted by atomic mass is 79.9. The summed E-state index contributed by atoms with van der Waals surface area (Å²) in [4.78, 5) is 0. The number of aromatic nitrogens is 2. The summed E-state index contributed by atoms with van der Waals surface area (Å²) in [5, 5.41) is 8.13. The summed E-state index contributed by atoms with van der Waals surface area (Å²) < 4.78 is 3.31. The van der Waals surface area contributed by atoms with Crippen LogP contribution in [-0.4, -0.2) is 22.9 Å². The first-order valence-electron chi connectivity index (χ1n) is 7.69. The fourth-order valence-corrected chi connectivity index (χ4v) is 2.82. The average molecular weight is 344 g/mol. The predicted octanol–water partition coefficient (Wildman–Crippen LogP) is 4.18. The van der Waals surface area contributed by atoms with E-state index in [0.29, 0.717) is 0 Å². The summed E-state index contributed by atoms with van der Waals surface area (Å²) in [6.45, 7) is 16.5. The molecule has 0 spiro atoms. The molecule has 3 nitrogen and oxygen atoms in total. The number of hydrogen-bond donors (Lipinski definition) is 1. The maximum Gasteiger partial charge on any atom is 0.0738 e. The lowest BCUT2D eigenvalue weighted by Gasteiger charge is -2.25. The average Bonchev–Trinajstić information content (AvgIpc) is 2.62. The summed E-state index contributed by atoms with van der Waals surface area (Å²) in [6, 6.07) is 0. The van der Waals surface area contributed by atoms with Crippen molar-refractivity contribution in [2.24, 2.45) is 11.3 Å². The molecule has 0 fully saturated rings. The molecule has 0 aliphatic rings. The molecule has 0 atom stereocenters. The molecule has 4 heteroatoms. The van der Waals surface area contributed by atoms with Gasteiger partial charge in [-0.25, -0.2) is 0 Å². The molecule has 1 heterocycles. The van der Waals surface area contributed by atoms with E-state index in [1.165, 1.54) is 16.6 Å². The lowest BCUT2D eigenvalue weighted by Crippen LogP contribution is -2.27. The number of rotatable bonds is 8. The van der Waals surface area contributed by atoms with Crippen molar-refractivity contribution in [2.75, 3.05) is 13.1 Å². The van der Waals surface area contributed by atoms with Gasteiger partial charge in [0.1, 0.15) is 0 Å². The number of nitrogens with one attached hydrogen (secondary N) is 1. The Morgan fingerprint density at radius 3 is 2.55 bits per heavy atom. The van der Waals surface area contributed by atoms with Crippen molar-refractivity contribution in [3.8, 4) is 0 Å². The van der Waals surface area contributed by atoms with Crippen LogP contribution in [0.25, 0.3) is 0 Å². The quantitative estimate of drug-likeness (QED) is 0.717. The summed E-state index contributed by atoms with van der Waals surface area (Å²) in [7, 11) is 0. The fraction of sp³-hybridized carbons (Fsp3) is 0.812. The second kappa shape index (κ2) is 7.60. The molecule has 1 aromatic heterocycles. The second-order valence-corrected chi connectivity index (χ2v) is 7.64. The summed E-state index contributed by atoms with van der Waals surface area (Å²) in [6.07, 6.45) is 2.24. The Labute approximate surface area is 132 Å². The first kappa shape index (κ1) is 17.7. The van der Waals surface area contributed by atoms with Gasteiger partial charge in [0.2, 0.25) is 0 Å². The minimum absolute atomic E-state index is 0.284. The normalized spacial score (nSPS) is 12.4. The Hall–Kier alpha value is -0.350. The highest BCUT2D eigenvalue weighted by molar-refractivity contribution is 9.10. The van der Waals surface area contributed by atoms with E-state index in [4.69, 9.17) is 0 Å². The number of nitrogens with zero attached hydrogens (tertiary/aromatic N) is 2. The molecule has 116 valence electrons. The van der Waals surface area contributed by atoms with E-state index in [9.17, 15) is 0 Å². The fourth-order valence-electron chi connectivity index (χ4n) is 2.40. The minimum Gasteiger partial charge on any atom is -0.316 e. The predicted molar refractivity (Wildman–Crippen MR) is 90.1 cm³/mol. The molecule has 1 N–H and O–H groups in total. The monoisotopic (exact) mass is 343 g/mol. The maximum atomic E-state index is 4.59. The van der Waals surface area contributed by atoms with Gasteiger partial charge in [0.25, 0.3) is 0 Å². The van der Waals surface area contributed by atoms with Gasteiger partial charge < -0.3 is 5.32 Å². The summed E-state index contributed by atoms with van der Waals surface area (Å²) in [5.41, 5.74) is 2.71. The van der Waals surface area contributed by atoms with Crippen LogP contribution in [0.4, 0.5) is 0 Å². The van der Waals surface area contributed by atoms with E-state index in [2.05, 4.69) is 72.6 Å². The standard InChI is InChI=1S/C16H30BrN3/c1-7-20-14(15(17)13(4)19-20)10-16(5,6)8-9-18-11-12(2)3/h12,18H,7-11H2,1-6H3. The van der Waals surface area contributed by atoms with Crippen LogP contribution < -0.4 is 5.32 Å². The van der Waals surface area contributed by atoms with Crippen LogP contribution in [0.1, 0.15) is 52.4 Å². The van der Waals surface area contributed by atoms with Gasteiger partial charge in [0, 0.05) is 6.54 Å². The molecule has 0 aliphatic carbocycles. The smallest absolute Gasteiger partial charge is 0.0738 e. The van der Waals surface area contributed by atoms with Crippen molar-refractivity contribution in [1.29, 1.82) is 0 Å². The van der Waals surface area contributed by atoms with Crippen molar-refractivity contribution in [2.45, 2.75) is 60.9 Å². The van der Waals surface area contributed by atoms with Gasteiger partial charge in [-0.15, -0.1) is 0 Å². The van der Waals surface area contributed by atoms with E-state index < -0.39 is 0 Å². The Morgan fingerprint density at radius 2 is 2.00 bits per heavy atom. The topological polar surface area (TPSA) is 29.9 Å². The molecule has 0 saturated carbocycles. The number of aryl methyl sites for hydroxylation is 2. The molecule has 1 rings (SSSR count). The van der Waals surface area contributed by atoms with Crippen LogP contribution in [0.3, 0.4) is 0 Å². The van der Waals surface area contributed by atoms with Crippen LogP contribution in [0.15, 0.2) is 4.47 Å². The van der Waals surface area contributed by atoms with Gasteiger partial charge in [0.05, 0.1) is 15.9 Å². The van der Waals surface area contributed by atoms with Crippen LogP contribution in [0, 0.1) is 18.3 Å². The third-order valence-electron chi connectivity index (χ3n) is 3.63. The van der Waals surface area contributed by atoms with E-state index in [0.717, 1.165) is 37.7 Å². The molecule has 20 heavy (non-hydrogen) atoms. The van der Waals surface area contributed by atoms with Gasteiger partial charge in [0.15, 0.2) is 0 Å². The van der Waals surface area contributed by atoms with Crippen LogP contribution >= 0.6 is 15.9 Å². The SMILES string of the molecule is CCn1nc(C)c(Br)c1CC(C)(C)CCNCC(C)C. The van der Waals surface area contributed by atoms with E-state index in [1.807, 2.05) is 0 Å². The Morgan fingerprint density at radius 1 is 1.35 bits per heavy atom. The third kappa shape index (κ3) is 5.21. The van der Waals surface area contributed by atoms with Crippen LogP contribution in [0.5, 0.6) is 0 Å². The molecule has 1 aromatic rings. The van der Waals surface area contributed by atoms with Crippen molar-refractivity contribution in [3.05, 3.63) is 15.9 Å². The maximum absolute atomic E-state index is 4.59. The lowest BCUT2D eigenvalue weighted by molar-refractivity contribution is 0.313. The Balaban J connectivity index is 2.61. The largest absolute Gasteiger partial charge is 0.316 e. The van der Waals surface area contributed by atoms with Gasteiger partial charge in [-0.05, 0) is 67.0 Å².